The van der Waals surface area contributed by atoms with Crippen LogP contribution in [0.4, 0.5) is 11.4 Å². The third-order valence-corrected chi connectivity index (χ3v) is 3.12. The van der Waals surface area contributed by atoms with E-state index in [2.05, 4.69) is 5.32 Å². The molecule has 0 saturated heterocycles. The van der Waals surface area contributed by atoms with Gasteiger partial charge in [-0.3, -0.25) is 14.9 Å². The van der Waals surface area contributed by atoms with E-state index in [0.29, 0.717) is 17.0 Å². The van der Waals surface area contributed by atoms with Gasteiger partial charge in [-0.05, 0) is 25.1 Å². The van der Waals surface area contributed by atoms with Crippen molar-refractivity contribution in [2.24, 2.45) is 0 Å². The van der Waals surface area contributed by atoms with Crippen LogP contribution in [0, 0.1) is 17.0 Å². The summed E-state index contributed by atoms with van der Waals surface area (Å²) in [6, 6.07) is 13.8. The zero-order valence-electron chi connectivity index (χ0n) is 12.1. The van der Waals surface area contributed by atoms with Gasteiger partial charge in [0.25, 0.3) is 5.69 Å². The van der Waals surface area contributed by atoms with Crippen LogP contribution in [0.3, 0.4) is 0 Å². The third kappa shape index (κ3) is 4.05. The minimum atomic E-state index is -0.469. The lowest BCUT2D eigenvalue weighted by atomic mass is 10.1. The van der Waals surface area contributed by atoms with Crippen LogP contribution < -0.4 is 10.1 Å². The van der Waals surface area contributed by atoms with Crippen LogP contribution in [0.15, 0.2) is 48.5 Å². The minimum absolute atomic E-state index is 0.0154. The van der Waals surface area contributed by atoms with Gasteiger partial charge in [0.2, 0.25) is 5.91 Å². The molecule has 0 spiro atoms. The molecule has 0 bridgehead atoms. The molecule has 0 atom stereocenters. The number of rotatable bonds is 6. The zero-order valence-corrected chi connectivity index (χ0v) is 12.1. The summed E-state index contributed by atoms with van der Waals surface area (Å²) >= 11 is 0. The van der Waals surface area contributed by atoms with Gasteiger partial charge < -0.3 is 10.1 Å². The van der Waals surface area contributed by atoms with Crippen LogP contribution in [0.5, 0.6) is 5.75 Å². The Balaban J connectivity index is 1.90. The lowest BCUT2D eigenvalue weighted by Crippen LogP contribution is -2.16. The lowest BCUT2D eigenvalue weighted by Gasteiger charge is -2.09. The van der Waals surface area contributed by atoms with Gasteiger partial charge in [-0.2, -0.15) is 0 Å². The number of nitrogens with one attached hydrogen (secondary N) is 1. The summed E-state index contributed by atoms with van der Waals surface area (Å²) in [4.78, 5) is 22.3. The van der Waals surface area contributed by atoms with E-state index in [4.69, 9.17) is 4.74 Å². The topological polar surface area (TPSA) is 81.5 Å². The average molecular weight is 300 g/mol. The van der Waals surface area contributed by atoms with Crippen LogP contribution in [-0.2, 0) is 4.79 Å². The Labute approximate surface area is 127 Å². The molecule has 2 aromatic rings. The molecule has 0 aromatic heterocycles. The molecule has 0 aliphatic carbocycles. The molecule has 0 fully saturated rings. The van der Waals surface area contributed by atoms with E-state index >= 15 is 0 Å². The summed E-state index contributed by atoms with van der Waals surface area (Å²) < 4.78 is 5.44. The number of para-hydroxylation sites is 1. The van der Waals surface area contributed by atoms with Gasteiger partial charge in [0, 0.05) is 6.07 Å². The first-order valence-electron chi connectivity index (χ1n) is 6.79. The van der Waals surface area contributed by atoms with Crippen molar-refractivity contribution in [1.29, 1.82) is 0 Å². The highest BCUT2D eigenvalue weighted by Crippen LogP contribution is 2.25. The molecule has 1 amide bonds. The molecule has 2 rings (SSSR count). The van der Waals surface area contributed by atoms with Crippen molar-refractivity contribution in [3.8, 4) is 5.75 Å². The van der Waals surface area contributed by atoms with E-state index in [1.165, 1.54) is 6.07 Å². The fourth-order valence-electron chi connectivity index (χ4n) is 1.95. The highest BCUT2D eigenvalue weighted by atomic mass is 16.6. The number of hydrogen-bond acceptors (Lipinski definition) is 4. The van der Waals surface area contributed by atoms with Crippen LogP contribution in [0.2, 0.25) is 0 Å². The fraction of sp³-hybridized carbons (Fsp3) is 0.188. The van der Waals surface area contributed by atoms with E-state index in [0.717, 1.165) is 0 Å². The first-order valence-corrected chi connectivity index (χ1v) is 6.79. The Morgan fingerprint density at radius 2 is 1.91 bits per heavy atom. The lowest BCUT2D eigenvalue weighted by molar-refractivity contribution is -0.385. The van der Waals surface area contributed by atoms with Gasteiger partial charge in [0.05, 0.1) is 29.2 Å². The predicted molar refractivity (Wildman–Crippen MR) is 83.0 cm³/mol. The number of amides is 1. The summed E-state index contributed by atoms with van der Waals surface area (Å²) in [6.07, 6.45) is 0.164. The summed E-state index contributed by atoms with van der Waals surface area (Å²) in [5.74, 6) is 0.446. The molecule has 2 aromatic carbocycles. The predicted octanol–water partition coefficient (Wildman–Crippen LogP) is 3.31. The number of nitro groups is 1. The number of carbonyl (C=O) groups is 1. The van der Waals surface area contributed by atoms with Crippen molar-refractivity contribution in [1.82, 2.24) is 0 Å². The minimum Gasteiger partial charge on any atom is -0.493 e. The van der Waals surface area contributed by atoms with Gasteiger partial charge in [-0.25, -0.2) is 0 Å². The Bertz CT molecular complexity index is 671. The van der Waals surface area contributed by atoms with Crippen LogP contribution >= 0.6 is 0 Å². The molecule has 114 valence electrons. The van der Waals surface area contributed by atoms with E-state index in [1.54, 1.807) is 19.1 Å². The molecule has 0 unspecified atom stereocenters. The van der Waals surface area contributed by atoms with Crippen LogP contribution in [0.25, 0.3) is 0 Å². The molecule has 6 nitrogen and oxygen atoms in total. The molecule has 6 heteroatoms. The van der Waals surface area contributed by atoms with Crippen molar-refractivity contribution in [2.75, 3.05) is 11.9 Å². The highest BCUT2D eigenvalue weighted by Gasteiger charge is 2.14. The van der Waals surface area contributed by atoms with Gasteiger partial charge in [0.1, 0.15) is 5.75 Å². The van der Waals surface area contributed by atoms with Crippen molar-refractivity contribution in [2.45, 2.75) is 13.3 Å². The number of nitrogens with zero attached hydrogens (tertiary/aromatic N) is 1. The smallest absolute Gasteiger partial charge is 0.274 e. The number of nitro benzene ring substituents is 1. The largest absolute Gasteiger partial charge is 0.493 e. The van der Waals surface area contributed by atoms with Crippen molar-refractivity contribution < 1.29 is 14.5 Å². The van der Waals surface area contributed by atoms with Gasteiger partial charge >= 0.3 is 0 Å². The summed E-state index contributed by atoms with van der Waals surface area (Å²) in [5.41, 5.74) is 0.863. The summed E-state index contributed by atoms with van der Waals surface area (Å²) in [7, 11) is 0. The Kier molecular flexibility index (Phi) is 5.08. The standard InChI is InChI=1S/C16H16N2O4/c1-12-14(8-5-9-15(12)18(20)21)17-16(19)10-11-22-13-6-3-2-4-7-13/h2-9H,10-11H2,1H3,(H,17,19). The molecule has 22 heavy (non-hydrogen) atoms. The van der Waals surface area contributed by atoms with E-state index in [-0.39, 0.29) is 24.6 Å². The molecular formula is C16H16N2O4. The van der Waals surface area contributed by atoms with Gasteiger partial charge in [-0.15, -0.1) is 0 Å². The number of hydrogen-bond donors (Lipinski definition) is 1. The molecule has 0 heterocycles. The number of ether oxygens (including phenoxy) is 1. The van der Waals surface area contributed by atoms with Gasteiger partial charge in [0.15, 0.2) is 0 Å². The van der Waals surface area contributed by atoms with Crippen molar-refractivity contribution >= 4 is 17.3 Å². The second-order valence-electron chi connectivity index (χ2n) is 4.67. The Morgan fingerprint density at radius 1 is 1.18 bits per heavy atom. The maximum atomic E-state index is 11.9. The first-order chi connectivity index (χ1) is 10.6. The SMILES string of the molecule is Cc1c(NC(=O)CCOc2ccccc2)cccc1[N+](=O)[O-]. The summed E-state index contributed by atoms with van der Waals surface area (Å²) in [5, 5.41) is 13.5. The number of anilines is 1. The molecule has 0 saturated carbocycles. The highest BCUT2D eigenvalue weighted by molar-refractivity contribution is 5.92. The van der Waals surface area contributed by atoms with E-state index < -0.39 is 4.92 Å². The Hall–Kier alpha value is -2.89. The van der Waals surface area contributed by atoms with Crippen molar-refractivity contribution in [3.63, 3.8) is 0 Å². The van der Waals surface area contributed by atoms with Crippen LogP contribution in [0.1, 0.15) is 12.0 Å². The second kappa shape index (κ2) is 7.21. The van der Waals surface area contributed by atoms with Crippen molar-refractivity contribution in [3.05, 3.63) is 64.2 Å². The van der Waals surface area contributed by atoms with Crippen LogP contribution in [-0.4, -0.2) is 17.4 Å². The molecule has 0 aliphatic rings. The van der Waals surface area contributed by atoms with Gasteiger partial charge in [-0.1, -0.05) is 24.3 Å². The fourth-order valence-corrected chi connectivity index (χ4v) is 1.95. The molecule has 0 radical (unpaired) electrons. The molecular weight excluding hydrogens is 284 g/mol. The van der Waals surface area contributed by atoms with E-state index in [1.807, 2.05) is 30.3 Å². The van der Waals surface area contributed by atoms with E-state index in [9.17, 15) is 14.9 Å². The first kappa shape index (κ1) is 15.5. The maximum absolute atomic E-state index is 11.9. The normalized spacial score (nSPS) is 10.0. The molecule has 0 aliphatic heterocycles. The number of carbonyl (C=O) groups excluding carboxylic acids is 1. The quantitative estimate of drug-likeness (QED) is 0.655. The zero-order chi connectivity index (χ0) is 15.9. The third-order valence-electron chi connectivity index (χ3n) is 3.12. The maximum Gasteiger partial charge on any atom is 0.274 e. The number of benzene rings is 2. The monoisotopic (exact) mass is 300 g/mol. The molecule has 1 N–H and O–H groups in total. The average Bonchev–Trinajstić information content (AvgIpc) is 2.50. The summed E-state index contributed by atoms with van der Waals surface area (Å²) in [6.45, 7) is 1.85. The Morgan fingerprint density at radius 3 is 2.59 bits per heavy atom. The second-order valence-corrected chi connectivity index (χ2v) is 4.67.